The van der Waals surface area contributed by atoms with Crippen molar-refractivity contribution in [2.75, 3.05) is 38.6 Å². The SMILES string of the molecule is CCN(CCN(C)C)C(=O)c1csc(N(C(=O)c2ccccc2Cl)c2ccc(Cl)cc2)n1. The number of amides is 2. The van der Waals surface area contributed by atoms with Gasteiger partial charge in [0.2, 0.25) is 0 Å². The number of aromatic nitrogens is 1. The summed E-state index contributed by atoms with van der Waals surface area (Å²) in [5, 5.41) is 2.95. The van der Waals surface area contributed by atoms with E-state index in [1.54, 1.807) is 58.8 Å². The molecule has 0 unspecified atom stereocenters. The lowest BCUT2D eigenvalue weighted by molar-refractivity contribution is 0.0748. The molecule has 32 heavy (non-hydrogen) atoms. The first kappa shape index (κ1) is 24.2. The fourth-order valence-corrected chi connectivity index (χ4v) is 4.17. The largest absolute Gasteiger partial charge is 0.336 e. The summed E-state index contributed by atoms with van der Waals surface area (Å²) in [6.07, 6.45) is 0. The average molecular weight is 491 g/mol. The van der Waals surface area contributed by atoms with Gasteiger partial charge in [0.1, 0.15) is 5.69 Å². The number of thiazole rings is 1. The molecule has 2 amide bonds. The van der Waals surface area contributed by atoms with E-state index in [9.17, 15) is 9.59 Å². The first-order chi connectivity index (χ1) is 15.3. The number of benzene rings is 2. The minimum absolute atomic E-state index is 0.168. The maximum Gasteiger partial charge on any atom is 0.273 e. The van der Waals surface area contributed by atoms with Crippen LogP contribution < -0.4 is 4.90 Å². The lowest BCUT2D eigenvalue weighted by Crippen LogP contribution is -2.36. The van der Waals surface area contributed by atoms with Crippen LogP contribution in [-0.4, -0.2) is 60.3 Å². The highest BCUT2D eigenvalue weighted by Gasteiger charge is 2.26. The van der Waals surface area contributed by atoms with Crippen molar-refractivity contribution in [2.45, 2.75) is 6.92 Å². The number of likely N-dealkylation sites (N-methyl/N-ethyl adjacent to an activating group) is 2. The highest BCUT2D eigenvalue weighted by molar-refractivity contribution is 7.14. The third kappa shape index (κ3) is 5.66. The first-order valence-corrected chi connectivity index (χ1v) is 11.7. The Morgan fingerprint density at radius 1 is 0.969 bits per heavy atom. The Morgan fingerprint density at radius 3 is 2.28 bits per heavy atom. The smallest absolute Gasteiger partial charge is 0.273 e. The van der Waals surface area contributed by atoms with Crippen molar-refractivity contribution in [2.24, 2.45) is 0 Å². The van der Waals surface area contributed by atoms with Crippen molar-refractivity contribution in [3.63, 3.8) is 0 Å². The van der Waals surface area contributed by atoms with Crippen LogP contribution in [0.2, 0.25) is 10.0 Å². The van der Waals surface area contributed by atoms with Crippen LogP contribution in [0.5, 0.6) is 0 Å². The van der Waals surface area contributed by atoms with Crippen LogP contribution in [0, 0.1) is 0 Å². The molecule has 6 nitrogen and oxygen atoms in total. The zero-order chi connectivity index (χ0) is 23.3. The van der Waals surface area contributed by atoms with E-state index in [0.29, 0.717) is 45.2 Å². The van der Waals surface area contributed by atoms with Gasteiger partial charge < -0.3 is 9.80 Å². The zero-order valence-electron chi connectivity index (χ0n) is 18.1. The standard InChI is InChI=1S/C23H24Cl2N4O2S/c1-4-28(14-13-27(2)3)22(31)20-15-32-23(26-20)29(17-11-9-16(24)10-12-17)21(30)18-7-5-6-8-19(18)25/h5-12,15H,4,13-14H2,1-3H3. The second kappa shape index (κ2) is 10.9. The van der Waals surface area contributed by atoms with Crippen LogP contribution in [0.4, 0.5) is 10.8 Å². The maximum atomic E-state index is 13.5. The van der Waals surface area contributed by atoms with Crippen molar-refractivity contribution >= 4 is 57.2 Å². The lowest BCUT2D eigenvalue weighted by Gasteiger charge is -2.22. The Labute approximate surface area is 202 Å². The minimum atomic E-state index is -0.341. The number of halogens is 2. The summed E-state index contributed by atoms with van der Waals surface area (Å²) in [5.41, 5.74) is 1.22. The summed E-state index contributed by atoms with van der Waals surface area (Å²) < 4.78 is 0. The van der Waals surface area contributed by atoms with Crippen LogP contribution in [0.25, 0.3) is 0 Å². The quantitative estimate of drug-likeness (QED) is 0.421. The van der Waals surface area contributed by atoms with Gasteiger partial charge in [-0.3, -0.25) is 14.5 Å². The van der Waals surface area contributed by atoms with Gasteiger partial charge in [-0.1, -0.05) is 35.3 Å². The van der Waals surface area contributed by atoms with Crippen LogP contribution >= 0.6 is 34.5 Å². The molecule has 3 aromatic rings. The van der Waals surface area contributed by atoms with Crippen molar-refractivity contribution < 1.29 is 9.59 Å². The Hall–Kier alpha value is -2.45. The molecule has 1 heterocycles. The molecule has 0 radical (unpaired) electrons. The van der Waals surface area contributed by atoms with E-state index < -0.39 is 0 Å². The highest BCUT2D eigenvalue weighted by atomic mass is 35.5. The van der Waals surface area contributed by atoms with Crippen molar-refractivity contribution in [3.8, 4) is 0 Å². The summed E-state index contributed by atoms with van der Waals surface area (Å²) >= 11 is 13.6. The molecule has 3 rings (SSSR count). The zero-order valence-corrected chi connectivity index (χ0v) is 20.4. The lowest BCUT2D eigenvalue weighted by atomic mass is 10.2. The first-order valence-electron chi connectivity index (χ1n) is 10.1. The number of carbonyl (C=O) groups is 2. The molecular weight excluding hydrogens is 467 g/mol. The molecule has 0 fully saturated rings. The average Bonchev–Trinajstić information content (AvgIpc) is 3.25. The van der Waals surface area contributed by atoms with Gasteiger partial charge in [-0.15, -0.1) is 11.3 Å². The summed E-state index contributed by atoms with van der Waals surface area (Å²) in [7, 11) is 3.92. The molecule has 0 bridgehead atoms. The fraction of sp³-hybridized carbons (Fsp3) is 0.261. The number of carbonyl (C=O) groups excluding carboxylic acids is 2. The second-order valence-corrected chi connectivity index (χ2v) is 8.98. The molecule has 0 aliphatic carbocycles. The molecule has 2 aromatic carbocycles. The molecule has 0 N–H and O–H groups in total. The number of nitrogens with zero attached hydrogens (tertiary/aromatic N) is 4. The normalized spacial score (nSPS) is 10.9. The summed E-state index contributed by atoms with van der Waals surface area (Å²) in [6.45, 7) is 3.84. The van der Waals surface area contributed by atoms with E-state index in [1.807, 2.05) is 25.9 Å². The molecular formula is C23H24Cl2N4O2S. The van der Waals surface area contributed by atoms with E-state index in [0.717, 1.165) is 6.54 Å². The third-order valence-electron chi connectivity index (χ3n) is 4.78. The molecule has 0 saturated carbocycles. The van der Waals surface area contributed by atoms with Crippen LogP contribution in [0.1, 0.15) is 27.8 Å². The van der Waals surface area contributed by atoms with E-state index >= 15 is 0 Å². The fourth-order valence-electron chi connectivity index (χ4n) is 3.01. The predicted octanol–water partition coefficient (Wildman–Crippen LogP) is 5.45. The minimum Gasteiger partial charge on any atom is -0.336 e. The Morgan fingerprint density at radius 2 is 1.66 bits per heavy atom. The molecule has 0 atom stereocenters. The van der Waals surface area contributed by atoms with Crippen LogP contribution in [0.15, 0.2) is 53.9 Å². The van der Waals surface area contributed by atoms with E-state index in [2.05, 4.69) is 4.98 Å². The molecule has 9 heteroatoms. The molecule has 0 aliphatic heterocycles. The van der Waals surface area contributed by atoms with Gasteiger partial charge in [0.15, 0.2) is 5.13 Å². The highest BCUT2D eigenvalue weighted by Crippen LogP contribution is 2.33. The number of rotatable bonds is 8. The van der Waals surface area contributed by atoms with Gasteiger partial charge in [0.25, 0.3) is 11.8 Å². The van der Waals surface area contributed by atoms with Gasteiger partial charge in [-0.2, -0.15) is 0 Å². The van der Waals surface area contributed by atoms with Crippen LogP contribution in [0.3, 0.4) is 0 Å². The van der Waals surface area contributed by atoms with Gasteiger partial charge >= 0.3 is 0 Å². The molecule has 1 aromatic heterocycles. The Bertz CT molecular complexity index is 1090. The van der Waals surface area contributed by atoms with Crippen LogP contribution in [-0.2, 0) is 0 Å². The molecule has 0 saturated heterocycles. The third-order valence-corrected chi connectivity index (χ3v) is 6.19. The Kier molecular flexibility index (Phi) is 8.26. The van der Waals surface area contributed by atoms with E-state index in [-0.39, 0.29) is 11.8 Å². The Balaban J connectivity index is 1.97. The number of anilines is 2. The maximum absolute atomic E-state index is 13.5. The molecule has 168 valence electrons. The predicted molar refractivity (Wildman–Crippen MR) is 132 cm³/mol. The van der Waals surface area contributed by atoms with Gasteiger partial charge in [0.05, 0.1) is 16.3 Å². The van der Waals surface area contributed by atoms with Crippen molar-refractivity contribution in [3.05, 3.63) is 75.2 Å². The van der Waals surface area contributed by atoms with E-state index in [1.165, 1.54) is 16.2 Å². The summed E-state index contributed by atoms with van der Waals surface area (Å²) in [4.78, 5) is 36.2. The molecule has 0 spiro atoms. The van der Waals surface area contributed by atoms with E-state index in [4.69, 9.17) is 23.2 Å². The van der Waals surface area contributed by atoms with Gasteiger partial charge in [-0.05, 0) is 57.4 Å². The van der Waals surface area contributed by atoms with Gasteiger partial charge in [-0.25, -0.2) is 4.98 Å². The van der Waals surface area contributed by atoms with Crippen molar-refractivity contribution in [1.29, 1.82) is 0 Å². The topological polar surface area (TPSA) is 56.8 Å². The number of hydrogen-bond donors (Lipinski definition) is 0. The number of hydrogen-bond acceptors (Lipinski definition) is 5. The molecule has 0 aliphatic rings. The monoisotopic (exact) mass is 490 g/mol. The van der Waals surface area contributed by atoms with Crippen molar-refractivity contribution in [1.82, 2.24) is 14.8 Å². The second-order valence-electron chi connectivity index (χ2n) is 7.30. The summed E-state index contributed by atoms with van der Waals surface area (Å²) in [5.74, 6) is -0.510. The summed E-state index contributed by atoms with van der Waals surface area (Å²) in [6, 6.07) is 13.7. The van der Waals surface area contributed by atoms with Gasteiger partial charge in [0, 0.05) is 30.0 Å².